The highest BCUT2D eigenvalue weighted by atomic mass is 16.5. The van der Waals surface area contributed by atoms with E-state index in [1.54, 1.807) is 0 Å². The van der Waals surface area contributed by atoms with Gasteiger partial charge in [0.15, 0.2) is 0 Å². The van der Waals surface area contributed by atoms with Crippen molar-refractivity contribution in [3.8, 4) is 0 Å². The second-order valence-corrected chi connectivity index (χ2v) is 5.85. The molecule has 2 aliphatic rings. The molecule has 1 N–H and O–H groups in total. The summed E-state index contributed by atoms with van der Waals surface area (Å²) < 4.78 is 12.0. The van der Waals surface area contributed by atoms with Gasteiger partial charge in [-0.15, -0.1) is 0 Å². The maximum Gasteiger partial charge on any atom is 0.135 e. The molecule has 1 aliphatic carbocycles. The van der Waals surface area contributed by atoms with Crippen LogP contribution in [0.2, 0.25) is 0 Å². The molecule has 1 unspecified atom stereocenters. The SMILES string of the molecule is c1ccc2oc(C3CNC4(CCCC4)CO3)cc2c1. The van der Waals surface area contributed by atoms with Gasteiger partial charge in [0.1, 0.15) is 17.4 Å². The molecule has 0 radical (unpaired) electrons. The average molecular weight is 257 g/mol. The topological polar surface area (TPSA) is 34.4 Å². The van der Waals surface area contributed by atoms with Gasteiger partial charge in [0, 0.05) is 17.5 Å². The summed E-state index contributed by atoms with van der Waals surface area (Å²) in [6, 6.07) is 10.2. The number of hydrogen-bond acceptors (Lipinski definition) is 3. The lowest BCUT2D eigenvalue weighted by Crippen LogP contribution is -2.53. The maximum atomic E-state index is 6.08. The molecule has 0 bridgehead atoms. The molecule has 1 aromatic heterocycles. The van der Waals surface area contributed by atoms with Crippen LogP contribution in [0.1, 0.15) is 37.5 Å². The molecule has 1 spiro atoms. The molecule has 2 heterocycles. The Morgan fingerprint density at radius 3 is 2.74 bits per heavy atom. The highest BCUT2D eigenvalue weighted by Crippen LogP contribution is 2.36. The Balaban J connectivity index is 1.54. The van der Waals surface area contributed by atoms with Gasteiger partial charge in [0.2, 0.25) is 0 Å². The van der Waals surface area contributed by atoms with Gasteiger partial charge in [-0.2, -0.15) is 0 Å². The summed E-state index contributed by atoms with van der Waals surface area (Å²) in [5.41, 5.74) is 1.20. The van der Waals surface area contributed by atoms with Crippen LogP contribution in [-0.2, 0) is 4.74 Å². The third kappa shape index (κ3) is 1.97. The van der Waals surface area contributed by atoms with E-state index in [-0.39, 0.29) is 11.6 Å². The van der Waals surface area contributed by atoms with Crippen LogP contribution in [-0.4, -0.2) is 18.7 Å². The summed E-state index contributed by atoms with van der Waals surface area (Å²) >= 11 is 0. The molecule has 1 saturated carbocycles. The van der Waals surface area contributed by atoms with Gasteiger partial charge >= 0.3 is 0 Å². The van der Waals surface area contributed by atoms with Crippen molar-refractivity contribution in [1.82, 2.24) is 5.32 Å². The number of benzene rings is 1. The predicted molar refractivity (Wildman–Crippen MR) is 74.1 cm³/mol. The first-order valence-electron chi connectivity index (χ1n) is 7.20. The van der Waals surface area contributed by atoms with Crippen molar-refractivity contribution in [2.45, 2.75) is 37.3 Å². The van der Waals surface area contributed by atoms with Crippen LogP contribution in [0, 0.1) is 0 Å². The van der Waals surface area contributed by atoms with Gasteiger partial charge in [-0.05, 0) is 25.0 Å². The molecule has 100 valence electrons. The van der Waals surface area contributed by atoms with Crippen molar-refractivity contribution in [1.29, 1.82) is 0 Å². The first-order chi connectivity index (χ1) is 9.35. The highest BCUT2D eigenvalue weighted by Gasteiger charge is 2.39. The monoisotopic (exact) mass is 257 g/mol. The van der Waals surface area contributed by atoms with Crippen LogP contribution < -0.4 is 5.32 Å². The fourth-order valence-electron chi connectivity index (χ4n) is 3.40. The molecule has 4 rings (SSSR count). The minimum Gasteiger partial charge on any atom is -0.458 e. The zero-order valence-electron chi connectivity index (χ0n) is 11.0. The number of ether oxygens (including phenoxy) is 1. The molecular formula is C16H19NO2. The standard InChI is InChI=1S/C16H19NO2/c1-2-6-13-12(5-1)9-14(19-13)15-10-17-16(11-18-15)7-3-4-8-16/h1-2,5-6,9,15,17H,3-4,7-8,10-11H2. The number of morpholine rings is 1. The van der Waals surface area contributed by atoms with E-state index in [2.05, 4.69) is 17.4 Å². The molecule has 1 saturated heterocycles. The van der Waals surface area contributed by atoms with E-state index in [1.807, 2.05) is 18.2 Å². The lowest BCUT2D eigenvalue weighted by molar-refractivity contribution is -0.0413. The number of furan rings is 1. The van der Waals surface area contributed by atoms with Gasteiger partial charge in [0.05, 0.1) is 6.61 Å². The van der Waals surface area contributed by atoms with E-state index in [4.69, 9.17) is 9.15 Å². The number of nitrogens with one attached hydrogen (secondary N) is 1. The summed E-state index contributed by atoms with van der Waals surface area (Å²) in [5, 5.41) is 4.86. The molecular weight excluding hydrogens is 238 g/mol. The second kappa shape index (κ2) is 4.36. The Labute approximate surface area is 112 Å². The Hall–Kier alpha value is -1.32. The Morgan fingerprint density at radius 1 is 1.16 bits per heavy atom. The molecule has 0 amide bonds. The second-order valence-electron chi connectivity index (χ2n) is 5.85. The van der Waals surface area contributed by atoms with E-state index >= 15 is 0 Å². The number of rotatable bonds is 1. The predicted octanol–water partition coefficient (Wildman–Crippen LogP) is 3.41. The number of fused-ring (bicyclic) bond motifs is 1. The van der Waals surface area contributed by atoms with Gasteiger partial charge in [-0.1, -0.05) is 31.0 Å². The Bertz CT molecular complexity index is 540. The largest absolute Gasteiger partial charge is 0.458 e. The van der Waals surface area contributed by atoms with Crippen molar-refractivity contribution in [2.75, 3.05) is 13.2 Å². The van der Waals surface area contributed by atoms with E-state index in [1.165, 1.54) is 25.7 Å². The molecule has 3 nitrogen and oxygen atoms in total. The van der Waals surface area contributed by atoms with Crippen molar-refractivity contribution < 1.29 is 9.15 Å². The molecule has 1 aliphatic heterocycles. The van der Waals surface area contributed by atoms with Crippen molar-refractivity contribution in [3.63, 3.8) is 0 Å². The minimum absolute atomic E-state index is 0.0543. The van der Waals surface area contributed by atoms with Gasteiger partial charge in [-0.25, -0.2) is 0 Å². The normalized spacial score (nSPS) is 26.2. The smallest absolute Gasteiger partial charge is 0.135 e. The van der Waals surface area contributed by atoms with Crippen LogP contribution in [0.15, 0.2) is 34.7 Å². The first-order valence-corrected chi connectivity index (χ1v) is 7.20. The molecule has 2 aromatic rings. The molecule has 1 atom stereocenters. The van der Waals surface area contributed by atoms with Crippen molar-refractivity contribution in [3.05, 3.63) is 36.1 Å². The summed E-state index contributed by atoms with van der Waals surface area (Å²) in [6.07, 6.45) is 5.20. The zero-order chi connectivity index (χ0) is 12.7. The lowest BCUT2D eigenvalue weighted by Gasteiger charge is -2.37. The van der Waals surface area contributed by atoms with Crippen molar-refractivity contribution in [2.24, 2.45) is 0 Å². The third-order valence-electron chi connectivity index (χ3n) is 4.55. The Kier molecular flexibility index (Phi) is 2.64. The zero-order valence-corrected chi connectivity index (χ0v) is 11.0. The van der Waals surface area contributed by atoms with Crippen LogP contribution in [0.25, 0.3) is 11.0 Å². The van der Waals surface area contributed by atoms with E-state index in [0.717, 1.165) is 29.9 Å². The van der Waals surface area contributed by atoms with Crippen molar-refractivity contribution >= 4 is 11.0 Å². The van der Waals surface area contributed by atoms with Crippen LogP contribution in [0.3, 0.4) is 0 Å². The Morgan fingerprint density at radius 2 is 2.00 bits per heavy atom. The molecule has 3 heteroatoms. The van der Waals surface area contributed by atoms with Crippen LogP contribution >= 0.6 is 0 Å². The third-order valence-corrected chi connectivity index (χ3v) is 4.55. The number of para-hydroxylation sites is 1. The van der Waals surface area contributed by atoms with Crippen LogP contribution in [0.4, 0.5) is 0 Å². The number of hydrogen-bond donors (Lipinski definition) is 1. The van der Waals surface area contributed by atoms with Gasteiger partial charge < -0.3 is 14.5 Å². The van der Waals surface area contributed by atoms with E-state index in [0.29, 0.717) is 0 Å². The molecule has 2 fully saturated rings. The van der Waals surface area contributed by atoms with Gasteiger partial charge in [-0.3, -0.25) is 0 Å². The van der Waals surface area contributed by atoms with E-state index < -0.39 is 0 Å². The summed E-state index contributed by atoms with van der Waals surface area (Å²) in [6.45, 7) is 1.68. The molecule has 1 aromatic carbocycles. The fourth-order valence-corrected chi connectivity index (χ4v) is 3.40. The highest BCUT2D eigenvalue weighted by molar-refractivity contribution is 5.77. The molecule has 19 heavy (non-hydrogen) atoms. The first kappa shape index (κ1) is 11.5. The van der Waals surface area contributed by atoms with Crippen LogP contribution in [0.5, 0.6) is 0 Å². The minimum atomic E-state index is 0.0543. The summed E-state index contributed by atoms with van der Waals surface area (Å²) in [7, 11) is 0. The summed E-state index contributed by atoms with van der Waals surface area (Å²) in [5.74, 6) is 0.946. The van der Waals surface area contributed by atoms with E-state index in [9.17, 15) is 0 Å². The quantitative estimate of drug-likeness (QED) is 0.850. The average Bonchev–Trinajstić information content (AvgIpc) is 3.06. The van der Waals surface area contributed by atoms with Gasteiger partial charge in [0.25, 0.3) is 0 Å². The lowest BCUT2D eigenvalue weighted by atomic mass is 9.96. The summed E-state index contributed by atoms with van der Waals surface area (Å²) in [4.78, 5) is 0. The fraction of sp³-hybridized carbons (Fsp3) is 0.500. The maximum absolute atomic E-state index is 6.08.